The third-order valence-corrected chi connectivity index (χ3v) is 21.2. The minimum absolute atomic E-state index is 0.0136. The first kappa shape index (κ1) is 84.2. The van der Waals surface area contributed by atoms with Gasteiger partial charge in [0.2, 0.25) is 0 Å². The molecule has 10 N–H and O–H groups in total. The summed E-state index contributed by atoms with van der Waals surface area (Å²) in [6.07, 6.45) is 19.6. The lowest BCUT2D eigenvalue weighted by Gasteiger charge is -2.17. The number of ether oxygens (including phenoxy) is 12. The van der Waals surface area contributed by atoms with Crippen LogP contribution in [0.2, 0.25) is 0 Å². The van der Waals surface area contributed by atoms with Crippen LogP contribution in [-0.2, 0) is 39.0 Å². The molecular formula is C90H96N24O12. The molecule has 36 heteroatoms. The lowest BCUT2D eigenvalue weighted by Crippen LogP contribution is -2.12. The molecule has 0 spiro atoms. The average molecular weight is 1710 g/mol. The Kier molecular flexibility index (Phi) is 25.6. The predicted molar refractivity (Wildman–Crippen MR) is 475 cm³/mol. The van der Waals surface area contributed by atoms with E-state index in [0.717, 1.165) is 128 Å². The molecule has 5 aromatic carbocycles. The zero-order valence-electron chi connectivity index (χ0n) is 71.0. The van der Waals surface area contributed by atoms with E-state index in [2.05, 4.69) is 105 Å². The van der Waals surface area contributed by atoms with Crippen LogP contribution in [0.1, 0.15) is 94.5 Å². The van der Waals surface area contributed by atoms with Crippen LogP contribution in [0, 0.1) is 27.7 Å². The Balaban J connectivity index is 0.000000116. The van der Waals surface area contributed by atoms with E-state index >= 15 is 0 Å². The van der Waals surface area contributed by atoms with E-state index < -0.39 is 0 Å². The van der Waals surface area contributed by atoms with Gasteiger partial charge in [-0.05, 0) is 174 Å². The number of benzene rings is 5. The van der Waals surface area contributed by atoms with E-state index in [1.165, 1.54) is 5.56 Å². The van der Waals surface area contributed by atoms with Gasteiger partial charge in [0, 0.05) is 34.4 Å². The number of imidazole rings is 4. The summed E-state index contributed by atoms with van der Waals surface area (Å²) in [5.74, 6) is 10.5. The Labute approximate surface area is 724 Å². The molecule has 6 aliphatic rings. The average Bonchev–Trinajstić information content (AvgIpc) is 1.66. The van der Waals surface area contributed by atoms with Gasteiger partial charge in [0.15, 0.2) is 73.7 Å². The lowest BCUT2D eigenvalue weighted by atomic mass is 9.92. The molecule has 20 rings (SSSR count). The van der Waals surface area contributed by atoms with Gasteiger partial charge in [0.25, 0.3) is 0 Å². The molecule has 9 aromatic heterocycles. The number of nitrogen functional groups attached to an aromatic ring is 5. The number of aryl methyl sites for hydroxylation is 4. The highest BCUT2D eigenvalue weighted by atomic mass is 16.5. The molecule has 0 saturated carbocycles. The number of allylic oxidation sites excluding steroid dienone is 1. The molecule has 15 heterocycles. The number of hydrogen-bond donors (Lipinski definition) is 5. The summed E-state index contributed by atoms with van der Waals surface area (Å²) >= 11 is 0. The van der Waals surface area contributed by atoms with Crippen molar-refractivity contribution in [2.75, 3.05) is 109 Å². The lowest BCUT2D eigenvalue weighted by molar-refractivity contribution is 0.255. The minimum atomic E-state index is -0.0136. The maximum Gasteiger partial charge on any atom is 0.320 e. The van der Waals surface area contributed by atoms with Gasteiger partial charge in [-0.25, -0.2) is 19.9 Å². The van der Waals surface area contributed by atoms with Crippen molar-refractivity contribution in [2.45, 2.75) is 98.8 Å². The fourth-order valence-corrected chi connectivity index (χ4v) is 14.8. The van der Waals surface area contributed by atoms with Crippen molar-refractivity contribution in [1.82, 2.24) is 88.0 Å². The van der Waals surface area contributed by atoms with Crippen LogP contribution in [0.25, 0.3) is 44.7 Å². The number of aliphatic imine (C=N–C) groups is 1. The van der Waals surface area contributed by atoms with Gasteiger partial charge >= 0.3 is 30.1 Å². The molecule has 0 radical (unpaired) electrons. The topological polar surface area (TPSA) is 453 Å². The minimum Gasteiger partial charge on any atom is -0.497 e. The van der Waals surface area contributed by atoms with Gasteiger partial charge in [-0.15, -0.1) is 0 Å². The summed E-state index contributed by atoms with van der Waals surface area (Å²) in [6, 6.07) is 35.2. The van der Waals surface area contributed by atoms with Crippen LogP contribution >= 0.6 is 0 Å². The summed E-state index contributed by atoms with van der Waals surface area (Å²) in [4.78, 5) is 66.3. The van der Waals surface area contributed by atoms with E-state index in [0.29, 0.717) is 178 Å². The zero-order chi connectivity index (χ0) is 87.3. The highest BCUT2D eigenvalue weighted by Gasteiger charge is 2.32. The Hall–Kier alpha value is -15.4. The van der Waals surface area contributed by atoms with Crippen molar-refractivity contribution >= 4 is 85.1 Å². The molecule has 0 fully saturated rings. The SMILES string of the molecule is COc1cc2cc(c1)OC/C=C/COc1nc(N)c3nc(C)n(c3n1)C2.COc1ccc2cc1CC1C(C)=Nc3c(N)nc(nc31)OC/C=C\CO2.COc1ccc2cc1Cn1c(C)nc3c(N)nc(nc31)OCC/C=C/C2.Cc1nc2c(N)nc3nc2n1Cc1ccccc1OC/C=C\CO3.Cc1nc2c(N)nc3nc2n1Cc1ccccc1OCCCCO3. The van der Waals surface area contributed by atoms with Crippen molar-refractivity contribution in [2.24, 2.45) is 4.99 Å². The Morgan fingerprint density at radius 3 is 1.33 bits per heavy atom. The number of fused-ring (bicyclic) bond motifs is 13. The van der Waals surface area contributed by atoms with E-state index in [1.54, 1.807) is 21.3 Å². The van der Waals surface area contributed by atoms with Crippen LogP contribution in [0.3, 0.4) is 0 Å². The number of nitrogens with two attached hydrogens (primary N) is 5. The molecule has 0 saturated heterocycles. The van der Waals surface area contributed by atoms with Gasteiger partial charge in [0.05, 0.1) is 73.0 Å². The number of hydrogen-bond acceptors (Lipinski definition) is 32. The number of rotatable bonds is 3. The van der Waals surface area contributed by atoms with Crippen molar-refractivity contribution in [3.8, 4) is 70.3 Å². The van der Waals surface area contributed by atoms with Crippen molar-refractivity contribution in [1.29, 1.82) is 0 Å². The maximum absolute atomic E-state index is 6.09. The number of methoxy groups -OCH3 is 3. The highest BCUT2D eigenvalue weighted by molar-refractivity contribution is 5.98. The third kappa shape index (κ3) is 19.2. The van der Waals surface area contributed by atoms with Crippen LogP contribution in [-0.4, -0.2) is 175 Å². The van der Waals surface area contributed by atoms with E-state index in [4.69, 9.17) is 85.5 Å². The molecular weight excluding hydrogens is 1610 g/mol. The fourth-order valence-electron chi connectivity index (χ4n) is 14.8. The first-order valence-electron chi connectivity index (χ1n) is 41.0. The van der Waals surface area contributed by atoms with Gasteiger partial charge in [-0.3, -0.25) is 4.99 Å². The summed E-state index contributed by atoms with van der Waals surface area (Å²) in [5, 5.41) is 0. The van der Waals surface area contributed by atoms with Crippen molar-refractivity contribution < 1.29 is 56.8 Å². The van der Waals surface area contributed by atoms with Crippen LogP contribution in [0.4, 0.5) is 34.8 Å². The predicted octanol–water partition coefficient (Wildman–Crippen LogP) is 12.0. The van der Waals surface area contributed by atoms with Gasteiger partial charge in [-0.2, -0.15) is 49.8 Å². The fraction of sp³-hybridized carbons (Fsp3) is 0.300. The zero-order valence-corrected chi connectivity index (χ0v) is 71.0. The van der Waals surface area contributed by atoms with Crippen LogP contribution < -0.4 is 85.5 Å². The summed E-state index contributed by atoms with van der Waals surface area (Å²) in [7, 11) is 4.98. The number of nitrogens with zero attached hydrogens (tertiary/aromatic N) is 19. The first-order chi connectivity index (χ1) is 61.4. The maximum atomic E-state index is 6.09. The van der Waals surface area contributed by atoms with Crippen molar-refractivity contribution in [3.63, 3.8) is 0 Å². The molecule has 36 nitrogen and oxygen atoms in total. The van der Waals surface area contributed by atoms with Gasteiger partial charge < -0.3 is 104 Å². The largest absolute Gasteiger partial charge is 0.497 e. The first-order valence-corrected chi connectivity index (χ1v) is 41.0. The number of aromatic nitrogens is 18. The molecule has 648 valence electrons. The van der Waals surface area contributed by atoms with Crippen LogP contribution in [0.5, 0.6) is 70.3 Å². The summed E-state index contributed by atoms with van der Waals surface area (Å²) < 4.78 is 75.9. The quantitative estimate of drug-likeness (QED) is 0.103. The molecule has 126 heavy (non-hydrogen) atoms. The normalized spacial score (nSPS) is 16.2. The Morgan fingerprint density at radius 1 is 0.349 bits per heavy atom. The van der Waals surface area contributed by atoms with Crippen molar-refractivity contribution in [3.05, 3.63) is 214 Å². The highest BCUT2D eigenvalue weighted by Crippen LogP contribution is 2.43. The molecule has 0 amide bonds. The molecule has 14 aromatic rings. The number of anilines is 5. The molecule has 1 unspecified atom stereocenters. The van der Waals surface area contributed by atoms with Crippen LogP contribution in [0.15, 0.2) is 157 Å². The van der Waals surface area contributed by atoms with Gasteiger partial charge in [-0.1, -0.05) is 54.6 Å². The monoisotopic (exact) mass is 1700 g/mol. The van der Waals surface area contributed by atoms with Gasteiger partial charge in [0.1, 0.15) is 109 Å². The second-order valence-electron chi connectivity index (χ2n) is 29.7. The third-order valence-electron chi connectivity index (χ3n) is 21.2. The molecule has 6 aliphatic heterocycles. The number of para-hydroxylation sites is 2. The molecule has 0 aliphatic carbocycles. The summed E-state index contributed by atoms with van der Waals surface area (Å²) in [6.45, 7) is 16.0. The second kappa shape index (κ2) is 38.4. The Morgan fingerprint density at radius 2 is 0.794 bits per heavy atom. The van der Waals surface area contributed by atoms with E-state index in [-0.39, 0.29) is 30.0 Å². The summed E-state index contributed by atoms with van der Waals surface area (Å²) in [5.41, 5.74) is 44.1. The molecule has 16 bridgehead atoms. The van der Waals surface area contributed by atoms with E-state index in [1.807, 2.05) is 174 Å². The second-order valence-corrected chi connectivity index (χ2v) is 29.7. The molecule has 1 atom stereocenters. The smallest absolute Gasteiger partial charge is 0.320 e. The Bertz CT molecular complexity index is 6510. The van der Waals surface area contributed by atoms with E-state index in [9.17, 15) is 0 Å². The standard InChI is InChI=1S/C19H21N5O2.C19H20N4O3.C18H19N5O3.C17H19N5O2.C17H17N5O2/c1-12-21-16-17(20)22-19-23-18(16)24(12)11-14-10-13(7-8-15(14)25-2)6-4-3-5-9-26-19;1-11-14-10-12-9-13(5-6-15(12)24-2)25-7-3-4-8-26-19-22-16(14)17(21-11)18(20)23-19;1-11-20-15-16(19)21-18-22-17(15)23(11)10-12-7-13(24-2)9-14(8-12)25-5-3-4-6-26-18;2*1-11-19-14-15(18)20-17-21-16(14)22(11)10-12-6-2-3-7-13(12)23-8-4-5-9-24-17/h3-4,7-8,10H,5-6,9,11H2,1-2H3,(H2,20,22,23);3-6,9,14H,7-8,10H2,1-2H3,(H2,20,22,23);3-4,7-9H,5-6,10H2,1-2H3,(H2,19,21,22);2-3,6-7H,4-5,8-10H2,1H3,(H2,18,20,21);2-7H,8-10H2,1H3,(H2,18,20,21)/b4-3+;4-3-;4-3+;;5-4-.